The van der Waals surface area contributed by atoms with Gasteiger partial charge in [0.2, 0.25) is 0 Å². The highest BCUT2D eigenvalue weighted by molar-refractivity contribution is 6.39. The Kier molecular flexibility index (Phi) is 2.35. The van der Waals surface area contributed by atoms with Crippen molar-refractivity contribution in [3.05, 3.63) is 28.0 Å². The Balaban J connectivity index is 2.49. The van der Waals surface area contributed by atoms with Crippen molar-refractivity contribution in [1.29, 1.82) is 0 Å². The van der Waals surface area contributed by atoms with Crippen LogP contribution in [0.3, 0.4) is 0 Å². The summed E-state index contributed by atoms with van der Waals surface area (Å²) in [6.45, 7) is 0.518. The molecule has 1 aromatic heterocycles. The maximum atomic E-state index is 5.91. The molecule has 0 atom stereocenters. The van der Waals surface area contributed by atoms with Gasteiger partial charge in [0.05, 0.1) is 15.6 Å². The number of aromatic nitrogens is 1. The van der Waals surface area contributed by atoms with E-state index in [2.05, 4.69) is 20.8 Å². The van der Waals surface area contributed by atoms with Gasteiger partial charge < -0.3 is 5.43 Å². The minimum absolute atomic E-state index is 0.488. The SMILES string of the molecule is Clc1cncc(Cl)c1C1=NCNN1. The fraction of sp³-hybridized carbons (Fsp3) is 0.143. The topological polar surface area (TPSA) is 49.3 Å². The van der Waals surface area contributed by atoms with Gasteiger partial charge in [-0.3, -0.25) is 4.98 Å². The lowest BCUT2D eigenvalue weighted by molar-refractivity contribution is 0.727. The quantitative estimate of drug-likeness (QED) is 0.743. The molecule has 0 unspecified atom stereocenters. The summed E-state index contributed by atoms with van der Waals surface area (Å²) in [5.41, 5.74) is 6.38. The summed E-state index contributed by atoms with van der Waals surface area (Å²) in [4.78, 5) is 7.97. The lowest BCUT2D eigenvalue weighted by Crippen LogP contribution is -2.30. The van der Waals surface area contributed by atoms with Crippen LogP contribution in [0.15, 0.2) is 17.4 Å². The third kappa shape index (κ3) is 1.60. The van der Waals surface area contributed by atoms with Gasteiger partial charge >= 0.3 is 0 Å². The molecule has 1 aromatic rings. The molecule has 6 heteroatoms. The molecule has 0 spiro atoms. The number of rotatable bonds is 1. The van der Waals surface area contributed by atoms with Crippen molar-refractivity contribution in [2.24, 2.45) is 4.99 Å². The molecule has 0 saturated carbocycles. The van der Waals surface area contributed by atoms with Gasteiger partial charge in [0.1, 0.15) is 12.5 Å². The normalized spacial score (nSPS) is 15.4. The van der Waals surface area contributed by atoms with E-state index in [1.165, 1.54) is 12.4 Å². The number of amidine groups is 1. The molecule has 4 nitrogen and oxygen atoms in total. The summed E-state index contributed by atoms with van der Waals surface area (Å²) in [5, 5.41) is 0.977. The van der Waals surface area contributed by atoms with Gasteiger partial charge in [-0.05, 0) is 0 Å². The Bertz CT molecular complexity index is 343. The van der Waals surface area contributed by atoms with E-state index in [4.69, 9.17) is 23.2 Å². The number of hydrogen-bond acceptors (Lipinski definition) is 4. The molecule has 2 rings (SSSR count). The van der Waals surface area contributed by atoms with Crippen LogP contribution < -0.4 is 10.9 Å². The van der Waals surface area contributed by atoms with Crippen LogP contribution in [-0.4, -0.2) is 17.5 Å². The molecular weight excluding hydrogens is 211 g/mol. The second-order valence-electron chi connectivity index (χ2n) is 2.44. The van der Waals surface area contributed by atoms with Gasteiger partial charge in [0, 0.05) is 12.4 Å². The zero-order valence-corrected chi connectivity index (χ0v) is 8.02. The van der Waals surface area contributed by atoms with E-state index in [1.807, 2.05) is 0 Å². The van der Waals surface area contributed by atoms with Crippen molar-refractivity contribution in [2.75, 3.05) is 6.67 Å². The zero-order chi connectivity index (χ0) is 9.26. The molecule has 1 aliphatic rings. The molecule has 1 aliphatic heterocycles. The molecule has 0 aliphatic carbocycles. The summed E-state index contributed by atoms with van der Waals surface area (Å²) in [6.07, 6.45) is 3.07. The van der Waals surface area contributed by atoms with E-state index in [0.717, 1.165) is 0 Å². The highest BCUT2D eigenvalue weighted by atomic mass is 35.5. The number of hydrazine groups is 1. The summed E-state index contributed by atoms with van der Waals surface area (Å²) in [6, 6.07) is 0. The molecule has 2 N–H and O–H groups in total. The van der Waals surface area contributed by atoms with Gasteiger partial charge in [-0.2, -0.15) is 0 Å². The number of halogens is 2. The van der Waals surface area contributed by atoms with Crippen LogP contribution in [0.5, 0.6) is 0 Å². The summed E-state index contributed by atoms with van der Waals surface area (Å²) in [5.74, 6) is 0.650. The van der Waals surface area contributed by atoms with E-state index in [-0.39, 0.29) is 0 Å². The Labute approximate surface area is 84.9 Å². The Morgan fingerprint density at radius 2 is 1.92 bits per heavy atom. The van der Waals surface area contributed by atoms with Gasteiger partial charge in [0.25, 0.3) is 0 Å². The average Bonchev–Trinajstić information content (AvgIpc) is 2.57. The lowest BCUT2D eigenvalue weighted by atomic mass is 10.2. The van der Waals surface area contributed by atoms with Crippen LogP contribution >= 0.6 is 23.2 Å². The van der Waals surface area contributed by atoms with Crippen molar-refractivity contribution in [1.82, 2.24) is 15.8 Å². The van der Waals surface area contributed by atoms with Crippen LogP contribution in [0.4, 0.5) is 0 Å². The van der Waals surface area contributed by atoms with Crippen LogP contribution in [-0.2, 0) is 0 Å². The third-order valence-corrected chi connectivity index (χ3v) is 2.19. The molecule has 0 fully saturated rings. The second kappa shape index (κ2) is 3.49. The highest BCUT2D eigenvalue weighted by Crippen LogP contribution is 2.23. The zero-order valence-electron chi connectivity index (χ0n) is 6.51. The van der Waals surface area contributed by atoms with Crippen LogP contribution in [0.25, 0.3) is 0 Å². The number of pyridine rings is 1. The summed E-state index contributed by atoms with van der Waals surface area (Å²) >= 11 is 11.8. The minimum atomic E-state index is 0.488. The molecule has 0 amide bonds. The van der Waals surface area contributed by atoms with Crippen LogP contribution in [0.2, 0.25) is 10.0 Å². The summed E-state index contributed by atoms with van der Waals surface area (Å²) < 4.78 is 0. The van der Waals surface area contributed by atoms with Crippen molar-refractivity contribution in [2.45, 2.75) is 0 Å². The largest absolute Gasteiger partial charge is 0.304 e. The van der Waals surface area contributed by atoms with E-state index < -0.39 is 0 Å². The fourth-order valence-corrected chi connectivity index (χ4v) is 1.60. The molecular formula is C7H6Cl2N4. The first-order valence-electron chi connectivity index (χ1n) is 3.62. The van der Waals surface area contributed by atoms with Crippen molar-refractivity contribution in [3.8, 4) is 0 Å². The van der Waals surface area contributed by atoms with Crippen LogP contribution in [0, 0.1) is 0 Å². The third-order valence-electron chi connectivity index (χ3n) is 1.61. The number of nitrogens with zero attached hydrogens (tertiary/aromatic N) is 2. The molecule has 0 radical (unpaired) electrons. The number of aliphatic imine (C=N–C) groups is 1. The smallest absolute Gasteiger partial charge is 0.147 e. The van der Waals surface area contributed by atoms with E-state index in [0.29, 0.717) is 28.1 Å². The molecule has 0 saturated heterocycles. The molecule has 0 bridgehead atoms. The van der Waals surface area contributed by atoms with Gasteiger partial charge in [-0.15, -0.1) is 0 Å². The highest BCUT2D eigenvalue weighted by Gasteiger charge is 2.15. The predicted octanol–water partition coefficient (Wildman–Crippen LogP) is 1.20. The van der Waals surface area contributed by atoms with Gasteiger partial charge in [-0.1, -0.05) is 23.2 Å². The molecule has 2 heterocycles. The van der Waals surface area contributed by atoms with Gasteiger partial charge in [-0.25, -0.2) is 10.4 Å². The maximum Gasteiger partial charge on any atom is 0.147 e. The van der Waals surface area contributed by atoms with Crippen molar-refractivity contribution < 1.29 is 0 Å². The van der Waals surface area contributed by atoms with E-state index in [9.17, 15) is 0 Å². The molecule has 68 valence electrons. The van der Waals surface area contributed by atoms with E-state index >= 15 is 0 Å². The Morgan fingerprint density at radius 1 is 1.23 bits per heavy atom. The minimum Gasteiger partial charge on any atom is -0.304 e. The van der Waals surface area contributed by atoms with E-state index in [1.54, 1.807) is 0 Å². The monoisotopic (exact) mass is 216 g/mol. The van der Waals surface area contributed by atoms with Crippen molar-refractivity contribution in [3.63, 3.8) is 0 Å². The molecule has 0 aromatic carbocycles. The summed E-state index contributed by atoms with van der Waals surface area (Å²) in [7, 11) is 0. The maximum absolute atomic E-state index is 5.91. The van der Waals surface area contributed by atoms with Gasteiger partial charge in [0.15, 0.2) is 0 Å². The average molecular weight is 217 g/mol. The fourth-order valence-electron chi connectivity index (χ4n) is 1.06. The Hall–Kier alpha value is -0.840. The standard InChI is InChI=1S/C7H6Cl2N4/c8-4-1-10-2-5(9)6(4)7-11-3-12-13-7/h1-2,12H,3H2,(H,11,13). The Morgan fingerprint density at radius 3 is 2.46 bits per heavy atom. The number of nitrogens with one attached hydrogen (secondary N) is 2. The first-order valence-corrected chi connectivity index (χ1v) is 4.37. The van der Waals surface area contributed by atoms with Crippen molar-refractivity contribution >= 4 is 29.0 Å². The first kappa shape index (κ1) is 8.74. The molecule has 13 heavy (non-hydrogen) atoms. The van der Waals surface area contributed by atoms with Crippen LogP contribution in [0.1, 0.15) is 5.56 Å². The second-order valence-corrected chi connectivity index (χ2v) is 3.26. The lowest BCUT2D eigenvalue weighted by Gasteiger charge is -2.05. The predicted molar refractivity (Wildman–Crippen MR) is 51.9 cm³/mol. The first-order chi connectivity index (χ1) is 6.29. The number of hydrogen-bond donors (Lipinski definition) is 2.